The summed E-state index contributed by atoms with van der Waals surface area (Å²) in [6, 6.07) is 27.4. The molecule has 37 heavy (non-hydrogen) atoms. The monoisotopic (exact) mass is 515 g/mol. The quantitative estimate of drug-likeness (QED) is 0.261. The van der Waals surface area contributed by atoms with E-state index in [1.54, 1.807) is 12.1 Å². The molecular formula is C32H37NO3S. The van der Waals surface area contributed by atoms with Gasteiger partial charge in [-0.25, -0.2) is 0 Å². The number of hydrogen-bond donors (Lipinski definition) is 0. The van der Waals surface area contributed by atoms with Crippen LogP contribution in [0.1, 0.15) is 56.7 Å². The molecule has 1 aliphatic carbocycles. The van der Waals surface area contributed by atoms with Crippen molar-refractivity contribution >= 4 is 21.3 Å². The number of nitrogens with zero attached hydrogens (tertiary/aromatic N) is 1. The fourth-order valence-electron chi connectivity index (χ4n) is 5.04. The van der Waals surface area contributed by atoms with E-state index in [0.717, 1.165) is 36.0 Å². The Bertz CT molecular complexity index is 1360. The molecule has 194 valence electrons. The van der Waals surface area contributed by atoms with E-state index in [1.807, 2.05) is 55.5 Å². The number of sulfonamides is 1. The molecule has 0 radical (unpaired) electrons. The summed E-state index contributed by atoms with van der Waals surface area (Å²) in [6.45, 7) is 9.71. The lowest BCUT2D eigenvalue weighted by Gasteiger charge is -2.28. The normalized spacial score (nSPS) is 18.5. The maximum atomic E-state index is 13.4. The van der Waals surface area contributed by atoms with Crippen LogP contribution in [0.4, 0.5) is 0 Å². The van der Waals surface area contributed by atoms with Crippen LogP contribution in [0.2, 0.25) is 0 Å². The lowest BCUT2D eigenvalue weighted by molar-refractivity contribution is 0.117. The first-order valence-electron chi connectivity index (χ1n) is 13.0. The lowest BCUT2D eigenvalue weighted by Crippen LogP contribution is -2.23. The molecule has 0 N–H and O–H groups in total. The van der Waals surface area contributed by atoms with Crippen LogP contribution in [0.15, 0.2) is 99.8 Å². The second kappa shape index (κ2) is 11.6. The van der Waals surface area contributed by atoms with Gasteiger partial charge in [-0.3, -0.25) is 0 Å². The second-order valence-corrected chi connectivity index (χ2v) is 12.0. The molecule has 3 aromatic carbocycles. The van der Waals surface area contributed by atoms with E-state index in [0.29, 0.717) is 18.9 Å². The molecule has 0 fully saturated rings. The van der Waals surface area contributed by atoms with Gasteiger partial charge in [0, 0.05) is 12.5 Å². The summed E-state index contributed by atoms with van der Waals surface area (Å²) in [5, 5.41) is 0. The highest BCUT2D eigenvalue weighted by Crippen LogP contribution is 2.51. The highest BCUT2D eigenvalue weighted by atomic mass is 32.2. The standard InChI is InChI=1S/C32H37NO3S/c1-24-18-20-28(21-19-24)37(34,35)33-31-25(2)32(3,4)30(27-15-9-6-10-16-27)29(31)17-11-12-22-36-23-26-13-7-5-8-14-26/h5-10,13-16,18-21,25H,11-12,17,22-23H2,1-4H3/b33-31-. The third kappa shape index (κ3) is 6.28. The molecule has 0 aliphatic heterocycles. The first-order valence-corrected chi connectivity index (χ1v) is 14.5. The summed E-state index contributed by atoms with van der Waals surface area (Å²) < 4.78 is 37.1. The van der Waals surface area contributed by atoms with E-state index >= 15 is 0 Å². The van der Waals surface area contributed by atoms with E-state index in [-0.39, 0.29) is 16.2 Å². The van der Waals surface area contributed by atoms with Gasteiger partial charge in [0.05, 0.1) is 17.2 Å². The molecular weight excluding hydrogens is 478 g/mol. The maximum Gasteiger partial charge on any atom is 0.282 e. The molecule has 1 aliphatic rings. The minimum atomic E-state index is -3.82. The van der Waals surface area contributed by atoms with Gasteiger partial charge in [-0.2, -0.15) is 12.8 Å². The predicted octanol–water partition coefficient (Wildman–Crippen LogP) is 7.64. The summed E-state index contributed by atoms with van der Waals surface area (Å²) in [5.41, 5.74) is 6.01. The van der Waals surface area contributed by atoms with Gasteiger partial charge >= 0.3 is 0 Å². The number of rotatable bonds is 10. The Morgan fingerprint density at radius 3 is 2.14 bits per heavy atom. The molecule has 1 atom stereocenters. The molecule has 4 rings (SSSR count). The summed E-state index contributed by atoms with van der Waals surface area (Å²) in [7, 11) is -3.82. The van der Waals surface area contributed by atoms with Gasteiger partial charge in [-0.1, -0.05) is 99.1 Å². The van der Waals surface area contributed by atoms with Crippen molar-refractivity contribution in [1.29, 1.82) is 0 Å². The van der Waals surface area contributed by atoms with Crippen molar-refractivity contribution in [3.63, 3.8) is 0 Å². The predicted molar refractivity (Wildman–Crippen MR) is 152 cm³/mol. The molecule has 0 heterocycles. The lowest BCUT2D eigenvalue weighted by atomic mass is 9.75. The van der Waals surface area contributed by atoms with Gasteiger partial charge in [0.25, 0.3) is 10.0 Å². The van der Waals surface area contributed by atoms with Crippen LogP contribution in [0.3, 0.4) is 0 Å². The molecule has 0 aromatic heterocycles. The molecule has 5 heteroatoms. The molecule has 0 spiro atoms. The van der Waals surface area contributed by atoms with Crippen LogP contribution in [-0.2, 0) is 21.4 Å². The third-order valence-corrected chi connectivity index (χ3v) is 8.73. The van der Waals surface area contributed by atoms with Crippen LogP contribution in [0.25, 0.3) is 5.57 Å². The minimum Gasteiger partial charge on any atom is -0.377 e. The molecule has 4 nitrogen and oxygen atoms in total. The average molecular weight is 516 g/mol. The zero-order chi connectivity index (χ0) is 26.5. The summed E-state index contributed by atoms with van der Waals surface area (Å²) in [5.74, 6) is -0.0349. The highest BCUT2D eigenvalue weighted by molar-refractivity contribution is 7.90. The number of aryl methyl sites for hydroxylation is 1. The Balaban J connectivity index is 1.60. The number of hydrogen-bond acceptors (Lipinski definition) is 3. The number of unbranched alkanes of at least 4 members (excludes halogenated alkanes) is 1. The highest BCUT2D eigenvalue weighted by Gasteiger charge is 2.44. The van der Waals surface area contributed by atoms with E-state index in [9.17, 15) is 8.42 Å². The van der Waals surface area contributed by atoms with Crippen molar-refractivity contribution in [1.82, 2.24) is 0 Å². The van der Waals surface area contributed by atoms with Crippen LogP contribution < -0.4 is 0 Å². The van der Waals surface area contributed by atoms with Gasteiger partial charge in [0.1, 0.15) is 0 Å². The van der Waals surface area contributed by atoms with Crippen LogP contribution >= 0.6 is 0 Å². The second-order valence-electron chi connectivity index (χ2n) is 10.4. The van der Waals surface area contributed by atoms with Crippen molar-refractivity contribution in [3.8, 4) is 0 Å². The largest absolute Gasteiger partial charge is 0.377 e. The molecule has 0 saturated carbocycles. The van der Waals surface area contributed by atoms with E-state index in [4.69, 9.17) is 4.74 Å². The van der Waals surface area contributed by atoms with Gasteiger partial charge in [-0.15, -0.1) is 0 Å². The third-order valence-electron chi connectivity index (χ3n) is 7.42. The number of ether oxygens (including phenoxy) is 1. The summed E-state index contributed by atoms with van der Waals surface area (Å²) >= 11 is 0. The molecule has 0 amide bonds. The van der Waals surface area contributed by atoms with Gasteiger partial charge < -0.3 is 4.74 Å². The van der Waals surface area contributed by atoms with Crippen LogP contribution in [-0.4, -0.2) is 20.7 Å². The Morgan fingerprint density at radius 1 is 0.865 bits per heavy atom. The first kappa shape index (κ1) is 27.0. The van der Waals surface area contributed by atoms with E-state index in [1.165, 1.54) is 11.1 Å². The molecule has 3 aromatic rings. The van der Waals surface area contributed by atoms with Crippen LogP contribution in [0, 0.1) is 18.3 Å². The zero-order valence-electron chi connectivity index (χ0n) is 22.3. The smallest absolute Gasteiger partial charge is 0.282 e. The first-order chi connectivity index (χ1) is 17.7. The fraction of sp³-hybridized carbons (Fsp3) is 0.344. The topological polar surface area (TPSA) is 55.7 Å². The summed E-state index contributed by atoms with van der Waals surface area (Å²) in [6.07, 6.45) is 2.55. The summed E-state index contributed by atoms with van der Waals surface area (Å²) in [4.78, 5) is 0.234. The van der Waals surface area contributed by atoms with Crippen molar-refractivity contribution in [2.45, 2.75) is 58.5 Å². The maximum absolute atomic E-state index is 13.4. The molecule has 1 unspecified atom stereocenters. The van der Waals surface area contributed by atoms with E-state index in [2.05, 4.69) is 49.4 Å². The Hall–Kier alpha value is -3.02. The Morgan fingerprint density at radius 2 is 1.49 bits per heavy atom. The van der Waals surface area contributed by atoms with Crippen molar-refractivity contribution in [2.24, 2.45) is 15.7 Å². The Labute approximate surface area is 222 Å². The SMILES string of the molecule is Cc1ccc(S(=O)(=O)/N=C2\C(CCCCOCc3ccccc3)=C(c3ccccc3)C(C)(C)C2C)cc1. The van der Waals surface area contributed by atoms with Crippen LogP contribution in [0.5, 0.6) is 0 Å². The van der Waals surface area contributed by atoms with Gasteiger partial charge in [0.15, 0.2) is 0 Å². The number of benzene rings is 3. The minimum absolute atomic E-state index is 0.0349. The molecule has 0 saturated heterocycles. The van der Waals surface area contributed by atoms with E-state index < -0.39 is 10.0 Å². The zero-order valence-corrected chi connectivity index (χ0v) is 23.1. The fourth-order valence-corrected chi connectivity index (χ4v) is 6.15. The van der Waals surface area contributed by atoms with Crippen molar-refractivity contribution < 1.29 is 13.2 Å². The average Bonchev–Trinajstić information content (AvgIpc) is 3.07. The van der Waals surface area contributed by atoms with Gasteiger partial charge in [-0.05, 0) is 66.0 Å². The van der Waals surface area contributed by atoms with Gasteiger partial charge in [0.2, 0.25) is 0 Å². The number of allylic oxidation sites excluding steroid dienone is 2. The van der Waals surface area contributed by atoms with Crippen molar-refractivity contribution in [3.05, 3.63) is 107 Å². The molecule has 0 bridgehead atoms. The Kier molecular flexibility index (Phi) is 8.46. The van der Waals surface area contributed by atoms with Crippen molar-refractivity contribution in [2.75, 3.05) is 6.61 Å².